The number of sulfonamides is 1. The Morgan fingerprint density at radius 1 is 1.30 bits per heavy atom. The van der Waals surface area contributed by atoms with Crippen LogP contribution in [0.5, 0.6) is 0 Å². The van der Waals surface area contributed by atoms with Gasteiger partial charge in [0.15, 0.2) is 10.4 Å². The van der Waals surface area contributed by atoms with E-state index < -0.39 is 27.3 Å². The van der Waals surface area contributed by atoms with Crippen LogP contribution < -0.4 is 4.72 Å². The molecule has 20 heavy (non-hydrogen) atoms. The minimum atomic E-state index is -4.14. The van der Waals surface area contributed by atoms with Crippen molar-refractivity contribution in [1.82, 2.24) is 15.0 Å². The van der Waals surface area contributed by atoms with Gasteiger partial charge >= 0.3 is 0 Å². The molecule has 0 atom stereocenters. The maximum Gasteiger partial charge on any atom is 0.282 e. The zero-order valence-corrected chi connectivity index (χ0v) is 13.7. The Hall–Kier alpha value is -1.07. The Morgan fingerprint density at radius 3 is 2.45 bits per heavy atom. The van der Waals surface area contributed by atoms with E-state index in [1.54, 1.807) is 0 Å². The van der Waals surface area contributed by atoms with E-state index in [1.807, 2.05) is 4.72 Å². The van der Waals surface area contributed by atoms with Gasteiger partial charge in [0.2, 0.25) is 5.03 Å². The third kappa shape index (κ3) is 2.83. The van der Waals surface area contributed by atoms with E-state index in [2.05, 4.69) is 42.2 Å². The Bertz CT molecular complexity index is 736. The van der Waals surface area contributed by atoms with E-state index in [0.29, 0.717) is 6.07 Å². The number of hydrogen-bond acceptors (Lipinski definition) is 4. The lowest BCUT2D eigenvalue weighted by Gasteiger charge is -2.10. The fourth-order valence-electron chi connectivity index (χ4n) is 1.43. The minimum Gasteiger partial charge on any atom is -0.274 e. The molecule has 0 unspecified atom stereocenters. The highest BCUT2D eigenvalue weighted by Crippen LogP contribution is 2.30. The number of hydrogen-bond donors (Lipinski definition) is 1. The van der Waals surface area contributed by atoms with Crippen molar-refractivity contribution in [1.29, 1.82) is 0 Å². The predicted octanol–water partition coefficient (Wildman–Crippen LogP) is 2.42. The van der Waals surface area contributed by atoms with Crippen molar-refractivity contribution in [2.75, 3.05) is 4.72 Å². The molecule has 2 aromatic rings. The van der Waals surface area contributed by atoms with E-state index in [1.165, 1.54) is 7.05 Å². The summed E-state index contributed by atoms with van der Waals surface area (Å²) in [6.45, 7) is 0. The SMILES string of the molecule is Cn1nnc(Br)c1S(=O)(=O)Nc1c(F)cc(F)cc1Br. The first-order chi connectivity index (χ1) is 9.22. The van der Waals surface area contributed by atoms with Crippen molar-refractivity contribution in [2.24, 2.45) is 7.05 Å². The average molecular weight is 432 g/mol. The van der Waals surface area contributed by atoms with Crippen molar-refractivity contribution >= 4 is 47.6 Å². The minimum absolute atomic E-state index is 0.0221. The summed E-state index contributed by atoms with van der Waals surface area (Å²) in [7, 11) is -2.78. The quantitative estimate of drug-likeness (QED) is 0.809. The van der Waals surface area contributed by atoms with Crippen LogP contribution in [0.1, 0.15) is 0 Å². The van der Waals surface area contributed by atoms with Crippen LogP contribution in [0.25, 0.3) is 0 Å². The second kappa shape index (κ2) is 5.37. The number of halogens is 4. The third-order valence-corrected chi connectivity index (χ3v) is 5.10. The lowest BCUT2D eigenvalue weighted by atomic mass is 10.3. The van der Waals surface area contributed by atoms with Crippen LogP contribution in [-0.4, -0.2) is 23.4 Å². The van der Waals surface area contributed by atoms with Gasteiger partial charge in [0.25, 0.3) is 10.0 Å². The van der Waals surface area contributed by atoms with E-state index in [0.717, 1.165) is 10.7 Å². The molecule has 0 saturated carbocycles. The zero-order valence-electron chi connectivity index (χ0n) is 9.73. The van der Waals surface area contributed by atoms with Crippen molar-refractivity contribution in [2.45, 2.75) is 5.03 Å². The van der Waals surface area contributed by atoms with Gasteiger partial charge in [-0.05, 0) is 37.9 Å². The van der Waals surface area contributed by atoms with E-state index >= 15 is 0 Å². The smallest absolute Gasteiger partial charge is 0.274 e. The Kier molecular flexibility index (Phi) is 4.12. The lowest BCUT2D eigenvalue weighted by molar-refractivity contribution is 0.573. The van der Waals surface area contributed by atoms with Gasteiger partial charge in [-0.3, -0.25) is 4.72 Å². The van der Waals surface area contributed by atoms with E-state index in [4.69, 9.17) is 0 Å². The molecular weight excluding hydrogens is 426 g/mol. The maximum atomic E-state index is 13.6. The molecule has 108 valence electrons. The van der Waals surface area contributed by atoms with Crippen LogP contribution in [0.15, 0.2) is 26.2 Å². The topological polar surface area (TPSA) is 76.9 Å². The van der Waals surface area contributed by atoms with Crippen molar-refractivity contribution in [3.8, 4) is 0 Å². The molecule has 0 radical (unpaired) electrons. The fraction of sp³-hybridized carbons (Fsp3) is 0.111. The highest BCUT2D eigenvalue weighted by atomic mass is 79.9. The molecule has 1 N–H and O–H groups in total. The number of anilines is 1. The number of aryl methyl sites for hydroxylation is 1. The van der Waals surface area contributed by atoms with Gasteiger partial charge in [0.05, 0.1) is 5.69 Å². The van der Waals surface area contributed by atoms with Crippen molar-refractivity contribution < 1.29 is 17.2 Å². The number of aromatic nitrogens is 3. The molecule has 0 spiro atoms. The van der Waals surface area contributed by atoms with Crippen molar-refractivity contribution in [3.63, 3.8) is 0 Å². The Morgan fingerprint density at radius 2 is 1.95 bits per heavy atom. The molecule has 0 aliphatic heterocycles. The Labute approximate surface area is 129 Å². The summed E-state index contributed by atoms with van der Waals surface area (Å²) in [5.74, 6) is -1.88. The van der Waals surface area contributed by atoms with E-state index in [9.17, 15) is 17.2 Å². The number of nitrogens with one attached hydrogen (secondary N) is 1. The van der Waals surface area contributed by atoms with Gasteiger partial charge in [-0.2, -0.15) is 8.42 Å². The van der Waals surface area contributed by atoms with Gasteiger partial charge < -0.3 is 0 Å². The highest BCUT2D eigenvalue weighted by Gasteiger charge is 2.26. The summed E-state index contributed by atoms with van der Waals surface area (Å²) in [6.07, 6.45) is 0. The summed E-state index contributed by atoms with van der Waals surface area (Å²) in [4.78, 5) is 0. The molecule has 1 aromatic heterocycles. The second-order valence-electron chi connectivity index (χ2n) is 3.66. The molecule has 1 aromatic carbocycles. The molecule has 0 aliphatic rings. The second-order valence-corrected chi connectivity index (χ2v) is 6.86. The van der Waals surface area contributed by atoms with Gasteiger partial charge in [0, 0.05) is 17.6 Å². The summed E-state index contributed by atoms with van der Waals surface area (Å²) >= 11 is 5.83. The highest BCUT2D eigenvalue weighted by molar-refractivity contribution is 9.10. The normalized spacial score (nSPS) is 11.7. The Balaban J connectivity index is 2.50. The molecule has 0 fully saturated rings. The average Bonchev–Trinajstić information content (AvgIpc) is 2.64. The molecule has 0 aliphatic carbocycles. The monoisotopic (exact) mass is 430 g/mol. The molecule has 0 amide bonds. The first kappa shape index (κ1) is 15.3. The summed E-state index contributed by atoms with van der Waals surface area (Å²) < 4.78 is 53.9. The molecule has 0 bridgehead atoms. The van der Waals surface area contributed by atoms with Crippen LogP contribution >= 0.6 is 31.9 Å². The first-order valence-electron chi connectivity index (χ1n) is 4.95. The number of rotatable bonds is 3. The molecular formula is C9H6Br2F2N4O2S. The van der Waals surface area contributed by atoms with Crippen LogP contribution in [0, 0.1) is 11.6 Å². The van der Waals surface area contributed by atoms with Gasteiger partial charge in [-0.25, -0.2) is 13.5 Å². The molecule has 2 rings (SSSR count). The zero-order chi connectivity index (χ0) is 15.1. The van der Waals surface area contributed by atoms with Crippen LogP contribution in [0.4, 0.5) is 14.5 Å². The van der Waals surface area contributed by atoms with Crippen LogP contribution in [0.2, 0.25) is 0 Å². The van der Waals surface area contributed by atoms with Gasteiger partial charge in [0.1, 0.15) is 5.82 Å². The standard InChI is InChI=1S/C9H6Br2F2N4O2S/c1-17-9(8(11)14-16-17)20(18,19)15-7-5(10)2-4(12)3-6(7)13/h2-3,15H,1H3. The molecule has 0 saturated heterocycles. The molecule has 11 heteroatoms. The summed E-state index contributed by atoms with van der Waals surface area (Å²) in [6, 6.07) is 1.51. The third-order valence-electron chi connectivity index (χ3n) is 2.23. The maximum absolute atomic E-state index is 13.6. The molecule has 6 nitrogen and oxygen atoms in total. The first-order valence-corrected chi connectivity index (χ1v) is 8.02. The van der Waals surface area contributed by atoms with Crippen LogP contribution in [0.3, 0.4) is 0 Å². The van der Waals surface area contributed by atoms with Crippen molar-refractivity contribution in [3.05, 3.63) is 32.8 Å². The van der Waals surface area contributed by atoms with E-state index in [-0.39, 0.29) is 14.1 Å². The van der Waals surface area contributed by atoms with Gasteiger partial charge in [-0.15, -0.1) is 5.10 Å². The van der Waals surface area contributed by atoms with Gasteiger partial charge in [-0.1, -0.05) is 5.21 Å². The lowest BCUT2D eigenvalue weighted by Crippen LogP contribution is -2.18. The predicted molar refractivity (Wildman–Crippen MR) is 73.6 cm³/mol. The fourth-order valence-corrected chi connectivity index (χ4v) is 4.26. The summed E-state index contributed by atoms with van der Waals surface area (Å²) in [5.41, 5.74) is -0.403. The number of nitrogens with zero attached hydrogens (tertiary/aromatic N) is 3. The van der Waals surface area contributed by atoms with Crippen LogP contribution in [-0.2, 0) is 17.1 Å². The number of benzene rings is 1. The largest absolute Gasteiger partial charge is 0.282 e. The molecule has 1 heterocycles. The summed E-state index contributed by atoms with van der Waals surface area (Å²) in [5, 5.41) is 6.76.